The molecule has 3 rings (SSSR count). The lowest BCUT2D eigenvalue weighted by atomic mass is 10.1. The fraction of sp³-hybridized carbons (Fsp3) is 0.500. The number of nitrogens with zero attached hydrogens (tertiary/aromatic N) is 1. The van der Waals surface area contributed by atoms with Crippen LogP contribution in [0.4, 0.5) is 5.69 Å². The van der Waals surface area contributed by atoms with Crippen molar-refractivity contribution in [2.45, 2.75) is 19.8 Å². The van der Waals surface area contributed by atoms with Crippen molar-refractivity contribution in [3.8, 4) is 0 Å². The van der Waals surface area contributed by atoms with E-state index in [2.05, 4.69) is 30.1 Å². The van der Waals surface area contributed by atoms with Crippen LogP contribution in [0.3, 0.4) is 0 Å². The summed E-state index contributed by atoms with van der Waals surface area (Å²) in [5.41, 5.74) is 2.91. The van der Waals surface area contributed by atoms with Crippen molar-refractivity contribution in [2.75, 3.05) is 31.2 Å². The third kappa shape index (κ3) is 1.81. The lowest BCUT2D eigenvalue weighted by Crippen LogP contribution is -2.40. The third-order valence-electron chi connectivity index (χ3n) is 3.74. The highest BCUT2D eigenvalue weighted by Crippen LogP contribution is 2.37. The third-order valence-corrected chi connectivity index (χ3v) is 3.74. The van der Waals surface area contributed by atoms with Gasteiger partial charge in [0.1, 0.15) is 5.84 Å². The highest BCUT2D eigenvalue weighted by Gasteiger charge is 2.46. The number of ether oxygens (including phenoxy) is 2. The van der Waals surface area contributed by atoms with Crippen LogP contribution in [-0.4, -0.2) is 32.1 Å². The van der Waals surface area contributed by atoms with E-state index in [0.29, 0.717) is 19.0 Å². The summed E-state index contributed by atoms with van der Waals surface area (Å²) in [6.07, 6.45) is 0. The number of amidine groups is 1. The van der Waals surface area contributed by atoms with Gasteiger partial charge in [-0.05, 0) is 32.0 Å². The van der Waals surface area contributed by atoms with E-state index in [0.717, 1.165) is 29.9 Å². The molecule has 5 heteroatoms. The van der Waals surface area contributed by atoms with Crippen LogP contribution in [0.1, 0.15) is 25.0 Å². The Morgan fingerprint density at radius 2 is 1.95 bits per heavy atom. The summed E-state index contributed by atoms with van der Waals surface area (Å²) in [7, 11) is 0. The van der Waals surface area contributed by atoms with E-state index < -0.39 is 5.91 Å². The molecule has 1 saturated heterocycles. The number of rotatable bonds is 3. The fourth-order valence-electron chi connectivity index (χ4n) is 2.75. The summed E-state index contributed by atoms with van der Waals surface area (Å²) in [5.74, 6) is -0.556. The van der Waals surface area contributed by atoms with Gasteiger partial charge in [-0.3, -0.25) is 5.41 Å². The Labute approximate surface area is 113 Å². The normalized spacial score (nSPS) is 19.6. The van der Waals surface area contributed by atoms with E-state index >= 15 is 0 Å². The van der Waals surface area contributed by atoms with E-state index in [1.807, 2.05) is 12.1 Å². The van der Waals surface area contributed by atoms with Crippen molar-refractivity contribution >= 4 is 11.5 Å². The highest BCUT2D eigenvalue weighted by molar-refractivity contribution is 6.02. The zero-order chi connectivity index (χ0) is 13.5. The molecule has 1 aromatic carbocycles. The highest BCUT2D eigenvalue weighted by atomic mass is 16.8. The second kappa shape index (κ2) is 4.51. The van der Waals surface area contributed by atoms with Crippen LogP contribution in [0.5, 0.6) is 0 Å². The molecule has 0 aliphatic carbocycles. The summed E-state index contributed by atoms with van der Waals surface area (Å²) in [5, 5.41) is 11.1. The van der Waals surface area contributed by atoms with Crippen LogP contribution in [-0.2, 0) is 15.4 Å². The molecule has 0 amide bonds. The van der Waals surface area contributed by atoms with Crippen LogP contribution in [0.2, 0.25) is 0 Å². The Morgan fingerprint density at radius 1 is 1.26 bits per heavy atom. The molecule has 0 saturated carbocycles. The molecule has 19 heavy (non-hydrogen) atoms. The Balaban J connectivity index is 2.02. The van der Waals surface area contributed by atoms with Crippen molar-refractivity contribution in [2.24, 2.45) is 0 Å². The SMILES string of the molecule is CCN(CC)c1ccc2c(c1)C(=N)NC21OCCO1. The average Bonchev–Trinajstić information content (AvgIpc) is 2.99. The van der Waals surface area contributed by atoms with Crippen molar-refractivity contribution < 1.29 is 9.47 Å². The van der Waals surface area contributed by atoms with Gasteiger partial charge >= 0.3 is 0 Å². The van der Waals surface area contributed by atoms with Gasteiger partial charge in [0.05, 0.1) is 13.2 Å². The van der Waals surface area contributed by atoms with Gasteiger partial charge < -0.3 is 19.7 Å². The average molecular weight is 261 g/mol. The molecule has 0 atom stereocenters. The number of hydrogen-bond acceptors (Lipinski definition) is 4. The second-order valence-electron chi connectivity index (χ2n) is 4.72. The first kappa shape index (κ1) is 12.4. The molecule has 2 aliphatic heterocycles. The van der Waals surface area contributed by atoms with Gasteiger partial charge in [0, 0.05) is 29.9 Å². The number of hydrogen-bond donors (Lipinski definition) is 2. The standard InChI is InChI=1S/C14H19N3O2/c1-3-17(4-2)10-5-6-12-11(9-10)13(15)16-14(12)18-7-8-19-14/h5-6,9H,3-4,7-8H2,1-2H3,(H2,15,16). The van der Waals surface area contributed by atoms with Crippen LogP contribution in [0.25, 0.3) is 0 Å². The fourth-order valence-corrected chi connectivity index (χ4v) is 2.75. The maximum Gasteiger partial charge on any atom is 0.279 e. The summed E-state index contributed by atoms with van der Waals surface area (Å²) in [4.78, 5) is 2.26. The zero-order valence-electron chi connectivity index (χ0n) is 11.3. The monoisotopic (exact) mass is 261 g/mol. The van der Waals surface area contributed by atoms with Gasteiger partial charge in [-0.2, -0.15) is 0 Å². The Hall–Kier alpha value is -1.59. The van der Waals surface area contributed by atoms with Crippen molar-refractivity contribution in [1.82, 2.24) is 5.32 Å². The first-order chi connectivity index (χ1) is 9.20. The Kier molecular flexibility index (Phi) is 2.95. The van der Waals surface area contributed by atoms with E-state index in [9.17, 15) is 0 Å². The quantitative estimate of drug-likeness (QED) is 0.868. The van der Waals surface area contributed by atoms with E-state index in [1.165, 1.54) is 0 Å². The van der Waals surface area contributed by atoms with Crippen molar-refractivity contribution in [3.63, 3.8) is 0 Å². The molecule has 2 N–H and O–H groups in total. The number of nitrogens with one attached hydrogen (secondary N) is 2. The molecule has 1 fully saturated rings. The summed E-state index contributed by atoms with van der Waals surface area (Å²) in [6.45, 7) is 7.27. The predicted octanol–water partition coefficient (Wildman–Crippen LogP) is 1.62. The van der Waals surface area contributed by atoms with Gasteiger partial charge in [-0.1, -0.05) is 0 Å². The van der Waals surface area contributed by atoms with Gasteiger partial charge in [-0.25, -0.2) is 0 Å². The second-order valence-corrected chi connectivity index (χ2v) is 4.72. The van der Waals surface area contributed by atoms with Crippen LogP contribution in [0, 0.1) is 5.41 Å². The molecule has 102 valence electrons. The molecular formula is C14H19N3O2. The first-order valence-electron chi connectivity index (χ1n) is 6.74. The smallest absolute Gasteiger partial charge is 0.279 e. The largest absolute Gasteiger partial charge is 0.372 e. The Morgan fingerprint density at radius 3 is 2.58 bits per heavy atom. The lowest BCUT2D eigenvalue weighted by molar-refractivity contribution is -0.173. The molecule has 0 bridgehead atoms. The van der Waals surface area contributed by atoms with Crippen molar-refractivity contribution in [1.29, 1.82) is 5.41 Å². The van der Waals surface area contributed by atoms with E-state index in [-0.39, 0.29) is 0 Å². The number of fused-ring (bicyclic) bond motifs is 2. The first-order valence-corrected chi connectivity index (χ1v) is 6.74. The molecule has 2 aliphatic rings. The van der Waals surface area contributed by atoms with Gasteiger partial charge in [-0.15, -0.1) is 0 Å². The Bertz CT molecular complexity index is 505. The van der Waals surface area contributed by atoms with Crippen LogP contribution >= 0.6 is 0 Å². The number of benzene rings is 1. The maximum absolute atomic E-state index is 8.08. The molecule has 2 heterocycles. The van der Waals surface area contributed by atoms with Gasteiger partial charge in [0.2, 0.25) is 0 Å². The molecule has 0 aromatic heterocycles. The minimum Gasteiger partial charge on any atom is -0.372 e. The summed E-state index contributed by atoms with van der Waals surface area (Å²) >= 11 is 0. The summed E-state index contributed by atoms with van der Waals surface area (Å²) in [6, 6.07) is 6.11. The summed E-state index contributed by atoms with van der Waals surface area (Å²) < 4.78 is 11.3. The van der Waals surface area contributed by atoms with Crippen LogP contribution < -0.4 is 10.2 Å². The molecular weight excluding hydrogens is 242 g/mol. The maximum atomic E-state index is 8.08. The zero-order valence-corrected chi connectivity index (χ0v) is 11.3. The molecule has 1 aromatic rings. The van der Waals surface area contributed by atoms with Gasteiger partial charge in [0.25, 0.3) is 5.91 Å². The van der Waals surface area contributed by atoms with E-state index in [1.54, 1.807) is 0 Å². The van der Waals surface area contributed by atoms with Crippen LogP contribution in [0.15, 0.2) is 18.2 Å². The minimum absolute atomic E-state index is 0.367. The molecule has 0 radical (unpaired) electrons. The lowest BCUT2D eigenvalue weighted by Gasteiger charge is -2.24. The minimum atomic E-state index is -0.922. The van der Waals surface area contributed by atoms with Crippen molar-refractivity contribution in [3.05, 3.63) is 29.3 Å². The molecule has 5 nitrogen and oxygen atoms in total. The number of anilines is 1. The molecule has 1 spiro atoms. The topological polar surface area (TPSA) is 57.6 Å². The van der Waals surface area contributed by atoms with Gasteiger partial charge in [0.15, 0.2) is 0 Å². The van der Waals surface area contributed by atoms with E-state index in [4.69, 9.17) is 14.9 Å². The predicted molar refractivity (Wildman–Crippen MR) is 73.5 cm³/mol. The molecule has 0 unspecified atom stereocenters.